The highest BCUT2D eigenvalue weighted by Crippen LogP contribution is 2.43. The lowest BCUT2D eigenvalue weighted by atomic mass is 9.90. The highest BCUT2D eigenvalue weighted by atomic mass is 19.3. The molecule has 0 unspecified atom stereocenters. The minimum Gasteiger partial charge on any atom is -0.477 e. The summed E-state index contributed by atoms with van der Waals surface area (Å²) >= 11 is 0. The number of alkyl halides is 2. The van der Waals surface area contributed by atoms with Crippen molar-refractivity contribution in [2.75, 3.05) is 13.2 Å². The number of nitrogens with one attached hydrogen (secondary N) is 1. The zero-order valence-electron chi connectivity index (χ0n) is 18.2. The average Bonchev–Trinajstić information content (AvgIpc) is 3.39. The zero-order valence-corrected chi connectivity index (χ0v) is 18.2. The number of aryl methyl sites for hydroxylation is 1. The number of rotatable bonds is 5. The first-order valence-electron chi connectivity index (χ1n) is 10.8. The number of aromatic amines is 1. The van der Waals surface area contributed by atoms with E-state index < -0.39 is 29.9 Å². The molecule has 1 fully saturated rings. The van der Waals surface area contributed by atoms with Gasteiger partial charge in [-0.1, -0.05) is 0 Å². The molecule has 5 rings (SSSR count). The number of halogens is 4. The summed E-state index contributed by atoms with van der Waals surface area (Å²) in [6.07, 6.45) is 1.21. The first-order chi connectivity index (χ1) is 16.2. The van der Waals surface area contributed by atoms with Gasteiger partial charge < -0.3 is 14.4 Å². The van der Waals surface area contributed by atoms with Gasteiger partial charge in [0.05, 0.1) is 18.1 Å². The van der Waals surface area contributed by atoms with Gasteiger partial charge in [0.1, 0.15) is 11.3 Å². The standard InChI is InChI=1S/C24H21F4N3O3/c1-12-8-15(2-3-17(12)25)31-18-9-14-11-29-30-21(14)20(26)19(18)16(10-24(27,28)23(32)33)22(31)13-4-6-34-7-5-13/h2-3,8-9,11,13H,4-7,10H2,1H3,(H,29,30)(H,32,33). The summed E-state index contributed by atoms with van der Waals surface area (Å²) in [5.41, 5.74) is 1.44. The molecule has 0 saturated carbocycles. The van der Waals surface area contributed by atoms with Crippen molar-refractivity contribution >= 4 is 27.8 Å². The maximum absolute atomic E-state index is 15.8. The van der Waals surface area contributed by atoms with Crippen LogP contribution in [0.3, 0.4) is 0 Å². The first-order valence-corrected chi connectivity index (χ1v) is 10.8. The Hall–Kier alpha value is -3.40. The second-order valence-electron chi connectivity index (χ2n) is 8.62. The summed E-state index contributed by atoms with van der Waals surface area (Å²) in [4.78, 5) is 11.3. The Labute approximate surface area is 191 Å². The monoisotopic (exact) mass is 475 g/mol. The van der Waals surface area contributed by atoms with Gasteiger partial charge in [-0.2, -0.15) is 13.9 Å². The van der Waals surface area contributed by atoms with Crippen LogP contribution in [0.4, 0.5) is 17.6 Å². The van der Waals surface area contributed by atoms with Crippen LogP contribution >= 0.6 is 0 Å². The normalized spacial score (nSPS) is 15.4. The maximum atomic E-state index is 15.8. The molecule has 0 radical (unpaired) electrons. The molecule has 2 aromatic heterocycles. The van der Waals surface area contributed by atoms with E-state index in [1.807, 2.05) is 0 Å². The number of hydrogen-bond acceptors (Lipinski definition) is 3. The molecule has 0 atom stereocenters. The second-order valence-corrected chi connectivity index (χ2v) is 8.62. The van der Waals surface area contributed by atoms with Crippen molar-refractivity contribution in [3.05, 3.63) is 58.9 Å². The Morgan fingerprint density at radius 1 is 1.26 bits per heavy atom. The number of aliphatic carboxylic acids is 1. The van der Waals surface area contributed by atoms with E-state index in [1.54, 1.807) is 23.6 Å². The van der Waals surface area contributed by atoms with Crippen molar-refractivity contribution in [3.63, 3.8) is 0 Å². The average molecular weight is 475 g/mol. The van der Waals surface area contributed by atoms with E-state index in [0.29, 0.717) is 48.4 Å². The first kappa shape index (κ1) is 22.4. The molecule has 1 saturated heterocycles. The number of ether oxygens (including phenoxy) is 1. The van der Waals surface area contributed by atoms with Crippen molar-refractivity contribution < 1.29 is 32.2 Å². The van der Waals surface area contributed by atoms with Gasteiger partial charge in [-0.15, -0.1) is 0 Å². The van der Waals surface area contributed by atoms with Crippen LogP contribution in [0, 0.1) is 18.6 Å². The number of carboxylic acids is 1. The topological polar surface area (TPSA) is 80.1 Å². The third-order valence-corrected chi connectivity index (χ3v) is 6.47. The van der Waals surface area contributed by atoms with Crippen LogP contribution in [0.5, 0.6) is 0 Å². The number of carboxylic acid groups (broad SMARTS) is 1. The van der Waals surface area contributed by atoms with Gasteiger partial charge in [-0.25, -0.2) is 13.6 Å². The lowest BCUT2D eigenvalue weighted by Crippen LogP contribution is -2.31. The Morgan fingerprint density at radius 2 is 2.00 bits per heavy atom. The van der Waals surface area contributed by atoms with Crippen LogP contribution < -0.4 is 0 Å². The third-order valence-electron chi connectivity index (χ3n) is 6.47. The molecular weight excluding hydrogens is 454 g/mol. The van der Waals surface area contributed by atoms with Crippen molar-refractivity contribution in [2.45, 2.75) is 38.0 Å². The molecular formula is C24H21F4N3O3. The van der Waals surface area contributed by atoms with Crippen molar-refractivity contribution in [2.24, 2.45) is 0 Å². The SMILES string of the molecule is Cc1cc(-n2c(C3CCOCC3)c(CC(F)(F)C(=O)O)c3c(F)c4[nH]ncc4cc32)ccc1F. The molecule has 10 heteroatoms. The Bertz CT molecular complexity index is 1420. The molecule has 1 aliphatic heterocycles. The van der Waals surface area contributed by atoms with Gasteiger partial charge in [0.2, 0.25) is 0 Å². The molecule has 178 valence electrons. The number of H-pyrrole nitrogens is 1. The quantitative estimate of drug-likeness (QED) is 0.387. The van der Waals surface area contributed by atoms with Gasteiger partial charge in [-0.05, 0) is 55.2 Å². The van der Waals surface area contributed by atoms with Crippen LogP contribution in [0.15, 0.2) is 30.5 Å². The fourth-order valence-corrected chi connectivity index (χ4v) is 4.82. The maximum Gasteiger partial charge on any atom is 0.374 e. The molecule has 0 amide bonds. The van der Waals surface area contributed by atoms with E-state index >= 15 is 4.39 Å². The summed E-state index contributed by atoms with van der Waals surface area (Å²) in [5, 5.41) is 15.9. The highest BCUT2D eigenvalue weighted by Gasteiger charge is 2.42. The second kappa shape index (κ2) is 8.12. The van der Waals surface area contributed by atoms with Gasteiger partial charge in [-0.3, -0.25) is 5.10 Å². The number of benzene rings is 2. The molecule has 2 aromatic carbocycles. The van der Waals surface area contributed by atoms with Crippen molar-refractivity contribution in [1.82, 2.24) is 14.8 Å². The predicted octanol–water partition coefficient (Wildman–Crippen LogP) is 5.25. The fraction of sp³-hybridized carbons (Fsp3) is 0.333. The Morgan fingerprint density at radius 3 is 2.68 bits per heavy atom. The zero-order chi connectivity index (χ0) is 24.2. The predicted molar refractivity (Wildman–Crippen MR) is 117 cm³/mol. The summed E-state index contributed by atoms with van der Waals surface area (Å²) in [6.45, 7) is 2.35. The van der Waals surface area contributed by atoms with E-state index in [9.17, 15) is 18.0 Å². The van der Waals surface area contributed by atoms with Crippen molar-refractivity contribution in [3.8, 4) is 5.69 Å². The molecule has 1 aliphatic rings. The van der Waals surface area contributed by atoms with E-state index in [2.05, 4.69) is 10.2 Å². The van der Waals surface area contributed by atoms with Crippen LogP contribution in [0.25, 0.3) is 27.5 Å². The van der Waals surface area contributed by atoms with Crippen LogP contribution in [0.2, 0.25) is 0 Å². The van der Waals surface area contributed by atoms with Crippen molar-refractivity contribution in [1.29, 1.82) is 0 Å². The third kappa shape index (κ3) is 3.53. The molecule has 0 aliphatic carbocycles. The fourth-order valence-electron chi connectivity index (χ4n) is 4.82. The summed E-state index contributed by atoms with van der Waals surface area (Å²) in [7, 11) is 0. The summed E-state index contributed by atoms with van der Waals surface area (Å²) < 4.78 is 66.1. The van der Waals surface area contributed by atoms with E-state index in [0.717, 1.165) is 0 Å². The van der Waals surface area contributed by atoms with E-state index in [1.165, 1.54) is 18.3 Å². The number of carbonyl (C=O) groups is 1. The van der Waals surface area contributed by atoms with E-state index in [4.69, 9.17) is 9.84 Å². The van der Waals surface area contributed by atoms with Crippen LogP contribution in [-0.2, 0) is 16.0 Å². The van der Waals surface area contributed by atoms with Gasteiger partial charge in [0.25, 0.3) is 0 Å². The Kier molecular flexibility index (Phi) is 5.35. The highest BCUT2D eigenvalue weighted by molar-refractivity contribution is 6.00. The molecule has 6 nitrogen and oxygen atoms in total. The summed E-state index contributed by atoms with van der Waals surface area (Å²) in [5.74, 6) is -7.91. The molecule has 2 N–H and O–H groups in total. The molecule has 3 heterocycles. The molecule has 0 bridgehead atoms. The molecule has 34 heavy (non-hydrogen) atoms. The summed E-state index contributed by atoms with van der Waals surface area (Å²) in [6, 6.07) is 5.96. The molecule has 0 spiro atoms. The molecule has 4 aromatic rings. The smallest absolute Gasteiger partial charge is 0.374 e. The van der Waals surface area contributed by atoms with Gasteiger partial charge in [0.15, 0.2) is 5.82 Å². The number of nitrogens with zero attached hydrogens (tertiary/aromatic N) is 2. The lowest BCUT2D eigenvalue weighted by Gasteiger charge is -2.26. The van der Waals surface area contributed by atoms with Crippen LogP contribution in [-0.4, -0.2) is 45.0 Å². The minimum atomic E-state index is -4.12. The number of aromatic nitrogens is 3. The number of hydrogen-bond donors (Lipinski definition) is 2. The Balaban J connectivity index is 1.91. The number of fused-ring (bicyclic) bond motifs is 2. The van der Waals surface area contributed by atoms with Crippen LogP contribution in [0.1, 0.15) is 35.6 Å². The van der Waals surface area contributed by atoms with Gasteiger partial charge >= 0.3 is 11.9 Å². The lowest BCUT2D eigenvalue weighted by molar-refractivity contribution is -0.164. The van der Waals surface area contributed by atoms with E-state index in [-0.39, 0.29) is 27.9 Å². The van der Waals surface area contributed by atoms with Gasteiger partial charge in [0, 0.05) is 41.3 Å². The minimum absolute atomic E-state index is 0.0401. The largest absolute Gasteiger partial charge is 0.477 e.